The largest absolute Gasteiger partial charge is 0.480 e. The van der Waals surface area contributed by atoms with Gasteiger partial charge in [-0.1, -0.05) is 23.7 Å². The number of hydrogen-bond acceptors (Lipinski definition) is 6. The Morgan fingerprint density at radius 3 is 2.71 bits per heavy atom. The maximum atomic E-state index is 13.6. The van der Waals surface area contributed by atoms with E-state index in [1.807, 2.05) is 0 Å². The minimum Gasteiger partial charge on any atom is -0.480 e. The summed E-state index contributed by atoms with van der Waals surface area (Å²) in [6.07, 6.45) is 1.41. The molecule has 0 saturated carbocycles. The highest BCUT2D eigenvalue weighted by atomic mass is 35.5. The van der Waals surface area contributed by atoms with E-state index < -0.39 is 11.9 Å². The van der Waals surface area contributed by atoms with Crippen LogP contribution in [0, 0.1) is 5.82 Å². The normalized spacial score (nSPS) is 12.0. The van der Waals surface area contributed by atoms with Crippen molar-refractivity contribution in [2.75, 3.05) is 14.2 Å². The number of rotatable bonds is 5. The molecular weight excluding hydrogens is 299 g/mol. The summed E-state index contributed by atoms with van der Waals surface area (Å²) in [6, 6.07) is 3.75. The Balaban J connectivity index is 2.53. The number of hydrogen-bond donors (Lipinski definition) is 2. The zero-order valence-corrected chi connectivity index (χ0v) is 12.2. The highest BCUT2D eigenvalue weighted by Gasteiger charge is 2.24. The van der Waals surface area contributed by atoms with Crippen molar-refractivity contribution in [1.82, 2.24) is 15.4 Å². The smallest absolute Gasteiger partial charge is 0.240 e. The van der Waals surface area contributed by atoms with Crippen LogP contribution >= 0.6 is 11.6 Å². The Labute approximate surface area is 126 Å². The Morgan fingerprint density at radius 2 is 2.10 bits per heavy atom. The molecule has 3 N–H and O–H groups in total. The zero-order chi connectivity index (χ0) is 15.4. The van der Waals surface area contributed by atoms with Gasteiger partial charge in [0.1, 0.15) is 11.5 Å². The Morgan fingerprint density at radius 1 is 1.33 bits per heavy atom. The fourth-order valence-corrected chi connectivity index (χ4v) is 2.11. The van der Waals surface area contributed by atoms with Gasteiger partial charge < -0.3 is 9.47 Å². The summed E-state index contributed by atoms with van der Waals surface area (Å²) in [5.41, 5.74) is 3.34. The molecule has 2 rings (SSSR count). The van der Waals surface area contributed by atoms with Crippen LogP contribution in [-0.2, 0) is 0 Å². The van der Waals surface area contributed by atoms with Crippen LogP contribution < -0.4 is 20.7 Å². The number of nitrogens with one attached hydrogen (secondary N) is 1. The number of halogens is 2. The van der Waals surface area contributed by atoms with Crippen LogP contribution in [0.1, 0.15) is 17.3 Å². The number of aromatic nitrogens is 2. The lowest BCUT2D eigenvalue weighted by Gasteiger charge is -2.19. The summed E-state index contributed by atoms with van der Waals surface area (Å²) in [5, 5.41) is -0.0416. The SMILES string of the molecule is COc1cnc(C(NN)c2cccc(F)c2Cl)c(OC)n1. The average molecular weight is 313 g/mol. The third-order valence-electron chi connectivity index (χ3n) is 2.88. The molecule has 0 aliphatic rings. The molecule has 0 aliphatic carbocycles. The lowest BCUT2D eigenvalue weighted by atomic mass is 10.0. The summed E-state index contributed by atoms with van der Waals surface area (Å²) in [4.78, 5) is 8.32. The van der Waals surface area contributed by atoms with Crippen LogP contribution in [0.2, 0.25) is 5.02 Å². The number of nitrogens with two attached hydrogens (primary N) is 1. The fourth-order valence-electron chi connectivity index (χ4n) is 1.87. The highest BCUT2D eigenvalue weighted by molar-refractivity contribution is 6.31. The van der Waals surface area contributed by atoms with Gasteiger partial charge in [-0.15, -0.1) is 0 Å². The third kappa shape index (κ3) is 3.05. The van der Waals surface area contributed by atoms with Crippen LogP contribution in [0.15, 0.2) is 24.4 Å². The Kier molecular flexibility index (Phi) is 4.89. The summed E-state index contributed by atoms with van der Waals surface area (Å²) in [6.45, 7) is 0. The van der Waals surface area contributed by atoms with Gasteiger partial charge in [0.25, 0.3) is 0 Å². The first-order valence-corrected chi connectivity index (χ1v) is 6.35. The summed E-state index contributed by atoms with van der Waals surface area (Å²) in [7, 11) is 2.90. The molecule has 1 aromatic heterocycles. The van der Waals surface area contributed by atoms with Crippen molar-refractivity contribution in [2.45, 2.75) is 6.04 Å². The van der Waals surface area contributed by atoms with Crippen LogP contribution in [0.4, 0.5) is 4.39 Å². The summed E-state index contributed by atoms with van der Waals surface area (Å²) in [5.74, 6) is 5.51. The second kappa shape index (κ2) is 6.66. The first-order valence-electron chi connectivity index (χ1n) is 5.97. The van der Waals surface area contributed by atoms with Crippen molar-refractivity contribution in [1.29, 1.82) is 0 Å². The van der Waals surface area contributed by atoms with Gasteiger partial charge in [-0.3, -0.25) is 5.84 Å². The lowest BCUT2D eigenvalue weighted by Crippen LogP contribution is -2.30. The summed E-state index contributed by atoms with van der Waals surface area (Å²) >= 11 is 5.99. The van der Waals surface area contributed by atoms with Crippen LogP contribution in [0.3, 0.4) is 0 Å². The molecule has 0 fully saturated rings. The minimum absolute atomic E-state index is 0.0416. The molecule has 0 amide bonds. The molecule has 0 spiro atoms. The average Bonchev–Trinajstić information content (AvgIpc) is 2.52. The van der Waals surface area contributed by atoms with Crippen molar-refractivity contribution in [3.8, 4) is 11.8 Å². The van der Waals surface area contributed by atoms with Gasteiger partial charge in [-0.25, -0.2) is 14.8 Å². The van der Waals surface area contributed by atoms with Crippen molar-refractivity contribution in [3.63, 3.8) is 0 Å². The molecule has 8 heteroatoms. The lowest BCUT2D eigenvalue weighted by molar-refractivity contribution is 0.352. The first kappa shape index (κ1) is 15.4. The van der Waals surface area contributed by atoms with Crippen LogP contribution in [0.25, 0.3) is 0 Å². The number of hydrazine groups is 1. The van der Waals surface area contributed by atoms with Gasteiger partial charge in [0.2, 0.25) is 11.8 Å². The number of methoxy groups -OCH3 is 2. The highest BCUT2D eigenvalue weighted by Crippen LogP contribution is 2.32. The molecule has 21 heavy (non-hydrogen) atoms. The Hall–Kier alpha value is -1.96. The van der Waals surface area contributed by atoms with E-state index in [1.165, 1.54) is 32.5 Å². The van der Waals surface area contributed by atoms with Crippen molar-refractivity contribution in [2.24, 2.45) is 5.84 Å². The first-order chi connectivity index (χ1) is 10.1. The molecule has 2 aromatic rings. The molecule has 1 aromatic carbocycles. The molecule has 6 nitrogen and oxygen atoms in total. The van der Waals surface area contributed by atoms with Crippen LogP contribution in [0.5, 0.6) is 11.8 Å². The molecule has 112 valence electrons. The summed E-state index contributed by atoms with van der Waals surface area (Å²) < 4.78 is 23.8. The second-order valence-electron chi connectivity index (χ2n) is 4.05. The van der Waals surface area contributed by atoms with E-state index >= 15 is 0 Å². The molecular formula is C13H14ClFN4O2. The Bertz CT molecular complexity index is 642. The molecule has 1 heterocycles. The fraction of sp³-hybridized carbons (Fsp3) is 0.231. The second-order valence-corrected chi connectivity index (χ2v) is 4.43. The number of ether oxygens (including phenoxy) is 2. The molecule has 0 bridgehead atoms. The van der Waals surface area contributed by atoms with E-state index in [9.17, 15) is 4.39 Å². The van der Waals surface area contributed by atoms with E-state index in [2.05, 4.69) is 15.4 Å². The minimum atomic E-state index is -0.679. The van der Waals surface area contributed by atoms with Crippen molar-refractivity contribution in [3.05, 3.63) is 46.5 Å². The molecule has 1 atom stereocenters. The number of nitrogens with zero attached hydrogens (tertiary/aromatic N) is 2. The van der Waals surface area contributed by atoms with Crippen molar-refractivity contribution < 1.29 is 13.9 Å². The maximum absolute atomic E-state index is 13.6. The van der Waals surface area contributed by atoms with Gasteiger partial charge in [0.05, 0.1) is 31.5 Å². The predicted molar refractivity (Wildman–Crippen MR) is 75.7 cm³/mol. The monoisotopic (exact) mass is 312 g/mol. The quantitative estimate of drug-likeness (QED) is 0.647. The van der Waals surface area contributed by atoms with E-state index in [-0.39, 0.29) is 16.8 Å². The van der Waals surface area contributed by atoms with E-state index in [4.69, 9.17) is 26.9 Å². The maximum Gasteiger partial charge on any atom is 0.240 e. The van der Waals surface area contributed by atoms with Crippen molar-refractivity contribution >= 4 is 11.6 Å². The zero-order valence-electron chi connectivity index (χ0n) is 11.4. The van der Waals surface area contributed by atoms with E-state index in [0.717, 1.165) is 0 Å². The molecule has 0 aliphatic heterocycles. The third-order valence-corrected chi connectivity index (χ3v) is 3.28. The van der Waals surface area contributed by atoms with Gasteiger partial charge in [0, 0.05) is 0 Å². The topological polar surface area (TPSA) is 82.3 Å². The van der Waals surface area contributed by atoms with E-state index in [1.54, 1.807) is 6.07 Å². The standard InChI is InChI=1S/C13H14ClFN4O2/c1-20-9-6-17-12(13(18-9)21-2)11(19-16)7-4-3-5-8(15)10(7)14/h3-6,11,19H,16H2,1-2H3. The molecule has 0 saturated heterocycles. The van der Waals surface area contributed by atoms with Gasteiger partial charge in [-0.2, -0.15) is 4.98 Å². The molecule has 0 radical (unpaired) electrons. The predicted octanol–water partition coefficient (Wildman–Crippen LogP) is 1.84. The van der Waals surface area contributed by atoms with Gasteiger partial charge >= 0.3 is 0 Å². The molecule has 1 unspecified atom stereocenters. The van der Waals surface area contributed by atoms with E-state index in [0.29, 0.717) is 11.3 Å². The van der Waals surface area contributed by atoms with Gasteiger partial charge in [-0.05, 0) is 11.6 Å². The van der Waals surface area contributed by atoms with Gasteiger partial charge in [0.15, 0.2) is 0 Å². The van der Waals surface area contributed by atoms with Crippen LogP contribution in [-0.4, -0.2) is 24.2 Å². The number of benzene rings is 1.